The Morgan fingerprint density at radius 1 is 1.36 bits per heavy atom. The van der Waals surface area contributed by atoms with E-state index in [2.05, 4.69) is 16.6 Å². The number of hydrogen-bond donors (Lipinski definition) is 2. The molecule has 6 nitrogen and oxygen atoms in total. The number of amides is 1. The van der Waals surface area contributed by atoms with Crippen molar-refractivity contribution >= 4 is 27.9 Å². The summed E-state index contributed by atoms with van der Waals surface area (Å²) in [5.41, 5.74) is 1.41. The second-order valence-electron chi connectivity index (χ2n) is 5.95. The summed E-state index contributed by atoms with van der Waals surface area (Å²) in [4.78, 5) is 11.6. The van der Waals surface area contributed by atoms with Gasteiger partial charge in [-0.2, -0.15) is 0 Å². The summed E-state index contributed by atoms with van der Waals surface area (Å²) in [5.74, 6) is 0. The molecule has 0 radical (unpaired) electrons. The van der Waals surface area contributed by atoms with Crippen LogP contribution in [0.25, 0.3) is 6.08 Å². The number of carbonyl (C=O) groups is 1. The molecule has 2 N–H and O–H groups in total. The smallest absolute Gasteiger partial charge is 0.407 e. The third kappa shape index (κ3) is 6.62. The predicted octanol–water partition coefficient (Wildman–Crippen LogP) is 2.73. The zero-order valence-corrected chi connectivity index (χ0v) is 14.1. The number of nitrogens with one attached hydrogen (secondary N) is 2. The first-order chi connectivity index (χ1) is 10.00. The lowest BCUT2D eigenvalue weighted by Crippen LogP contribution is -2.40. The van der Waals surface area contributed by atoms with E-state index in [0.717, 1.165) is 11.8 Å². The van der Waals surface area contributed by atoms with Crippen molar-refractivity contribution in [3.8, 4) is 0 Å². The molecule has 0 fully saturated rings. The molecule has 1 aromatic carbocycles. The summed E-state index contributed by atoms with van der Waals surface area (Å²) < 4.78 is 30.1. The SMILES string of the molecule is C=Cc1cc(COC(=O)NC(C)(C)C)ccc1NS(C)(=O)=O. The van der Waals surface area contributed by atoms with E-state index in [1.54, 1.807) is 18.2 Å². The molecule has 0 heterocycles. The molecule has 0 saturated carbocycles. The topological polar surface area (TPSA) is 84.5 Å². The lowest BCUT2D eigenvalue weighted by atomic mass is 10.1. The van der Waals surface area contributed by atoms with Crippen molar-refractivity contribution in [2.24, 2.45) is 0 Å². The van der Waals surface area contributed by atoms with Crippen molar-refractivity contribution in [2.45, 2.75) is 32.9 Å². The zero-order chi connectivity index (χ0) is 17.0. The Labute approximate surface area is 131 Å². The van der Waals surface area contributed by atoms with Gasteiger partial charge in [0.15, 0.2) is 0 Å². The molecular formula is C15H22N2O4S. The van der Waals surface area contributed by atoms with Gasteiger partial charge in [0.1, 0.15) is 6.61 Å². The van der Waals surface area contributed by atoms with E-state index < -0.39 is 16.1 Å². The van der Waals surface area contributed by atoms with Crippen LogP contribution >= 0.6 is 0 Å². The van der Waals surface area contributed by atoms with Gasteiger partial charge < -0.3 is 10.1 Å². The van der Waals surface area contributed by atoms with E-state index in [9.17, 15) is 13.2 Å². The fraction of sp³-hybridized carbons (Fsp3) is 0.400. The number of sulfonamides is 1. The lowest BCUT2D eigenvalue weighted by molar-refractivity contribution is 0.131. The Hall–Kier alpha value is -2.02. The number of anilines is 1. The highest BCUT2D eigenvalue weighted by atomic mass is 32.2. The maximum Gasteiger partial charge on any atom is 0.407 e. The number of carbonyl (C=O) groups excluding carboxylic acids is 1. The molecule has 0 aliphatic rings. The summed E-state index contributed by atoms with van der Waals surface area (Å²) >= 11 is 0. The summed E-state index contributed by atoms with van der Waals surface area (Å²) in [6.45, 7) is 9.31. The second kappa shape index (κ2) is 6.83. The van der Waals surface area contributed by atoms with E-state index >= 15 is 0 Å². The first kappa shape index (κ1) is 18.0. The van der Waals surface area contributed by atoms with E-state index in [1.165, 1.54) is 6.08 Å². The monoisotopic (exact) mass is 326 g/mol. The van der Waals surface area contributed by atoms with Crippen molar-refractivity contribution in [1.29, 1.82) is 0 Å². The van der Waals surface area contributed by atoms with Crippen LogP contribution in [0.1, 0.15) is 31.9 Å². The Morgan fingerprint density at radius 2 is 2.00 bits per heavy atom. The zero-order valence-electron chi connectivity index (χ0n) is 13.3. The first-order valence-electron chi connectivity index (χ1n) is 6.68. The maximum absolute atomic E-state index is 11.6. The molecule has 0 unspecified atom stereocenters. The Bertz CT molecular complexity index is 661. The van der Waals surface area contributed by atoms with Crippen molar-refractivity contribution in [2.75, 3.05) is 11.0 Å². The molecule has 0 aliphatic carbocycles. The molecule has 1 rings (SSSR count). The molecule has 0 aliphatic heterocycles. The van der Waals surface area contributed by atoms with Gasteiger partial charge in [-0.15, -0.1) is 0 Å². The summed E-state index contributed by atoms with van der Waals surface area (Å²) in [7, 11) is -3.36. The molecule has 7 heteroatoms. The first-order valence-corrected chi connectivity index (χ1v) is 8.57. The molecule has 0 saturated heterocycles. The van der Waals surface area contributed by atoms with Crippen LogP contribution < -0.4 is 10.0 Å². The molecule has 1 aromatic rings. The quantitative estimate of drug-likeness (QED) is 0.871. The Kier molecular flexibility index (Phi) is 5.59. The van der Waals surface area contributed by atoms with Gasteiger partial charge in [0.05, 0.1) is 11.9 Å². The summed E-state index contributed by atoms with van der Waals surface area (Å²) in [6.07, 6.45) is 2.10. The minimum Gasteiger partial charge on any atom is -0.445 e. The highest BCUT2D eigenvalue weighted by molar-refractivity contribution is 7.92. The van der Waals surface area contributed by atoms with E-state index in [0.29, 0.717) is 11.3 Å². The van der Waals surface area contributed by atoms with E-state index in [4.69, 9.17) is 4.74 Å². The summed E-state index contributed by atoms with van der Waals surface area (Å²) in [5, 5.41) is 2.69. The number of alkyl carbamates (subject to hydrolysis) is 1. The minimum absolute atomic E-state index is 0.0852. The van der Waals surface area contributed by atoms with Crippen LogP contribution in [0.5, 0.6) is 0 Å². The standard InChI is InChI=1S/C15H22N2O4S/c1-6-12-9-11(7-8-13(12)17-22(5,19)20)10-21-14(18)16-15(2,3)4/h6-9,17H,1,10H2,2-5H3,(H,16,18). The third-order valence-electron chi connectivity index (χ3n) is 2.48. The van der Waals surface area contributed by atoms with Gasteiger partial charge >= 0.3 is 6.09 Å². The Balaban J connectivity index is 2.78. The van der Waals surface area contributed by atoms with Gasteiger partial charge in [-0.05, 0) is 44.0 Å². The number of ether oxygens (including phenoxy) is 1. The van der Waals surface area contributed by atoms with Gasteiger partial charge in [-0.3, -0.25) is 4.72 Å². The van der Waals surface area contributed by atoms with Gasteiger partial charge in [-0.1, -0.05) is 18.7 Å². The molecule has 1 amide bonds. The van der Waals surface area contributed by atoms with E-state index in [-0.39, 0.29) is 12.1 Å². The Morgan fingerprint density at radius 3 is 2.50 bits per heavy atom. The second-order valence-corrected chi connectivity index (χ2v) is 7.70. The number of hydrogen-bond acceptors (Lipinski definition) is 4. The van der Waals surface area contributed by atoms with Crippen molar-refractivity contribution in [3.05, 3.63) is 35.9 Å². The van der Waals surface area contributed by atoms with Crippen molar-refractivity contribution < 1.29 is 17.9 Å². The fourth-order valence-corrected chi connectivity index (χ4v) is 2.24. The van der Waals surface area contributed by atoms with Gasteiger partial charge in [0.2, 0.25) is 10.0 Å². The lowest BCUT2D eigenvalue weighted by Gasteiger charge is -2.20. The van der Waals surface area contributed by atoms with Crippen LogP contribution in [-0.2, 0) is 21.4 Å². The largest absolute Gasteiger partial charge is 0.445 e. The van der Waals surface area contributed by atoms with Crippen LogP contribution in [0.15, 0.2) is 24.8 Å². The van der Waals surface area contributed by atoms with Crippen LogP contribution in [0.2, 0.25) is 0 Å². The van der Waals surface area contributed by atoms with Crippen molar-refractivity contribution in [3.63, 3.8) is 0 Å². The highest BCUT2D eigenvalue weighted by Gasteiger charge is 2.14. The summed E-state index contributed by atoms with van der Waals surface area (Å²) in [6, 6.07) is 5.01. The number of rotatable bonds is 5. The molecule has 122 valence electrons. The number of benzene rings is 1. The van der Waals surface area contributed by atoms with Crippen LogP contribution in [0.4, 0.5) is 10.5 Å². The third-order valence-corrected chi connectivity index (χ3v) is 3.07. The predicted molar refractivity (Wildman–Crippen MR) is 88.1 cm³/mol. The van der Waals surface area contributed by atoms with Crippen LogP contribution in [0, 0.1) is 0 Å². The molecule has 0 spiro atoms. The van der Waals surface area contributed by atoms with E-state index in [1.807, 2.05) is 20.8 Å². The highest BCUT2D eigenvalue weighted by Crippen LogP contribution is 2.20. The fourth-order valence-electron chi connectivity index (χ4n) is 1.65. The molecule has 22 heavy (non-hydrogen) atoms. The normalized spacial score (nSPS) is 11.6. The average Bonchev–Trinajstić information content (AvgIpc) is 2.33. The van der Waals surface area contributed by atoms with Gasteiger partial charge in [0, 0.05) is 5.54 Å². The molecular weight excluding hydrogens is 304 g/mol. The molecule has 0 aromatic heterocycles. The van der Waals surface area contributed by atoms with Crippen LogP contribution in [-0.4, -0.2) is 26.3 Å². The van der Waals surface area contributed by atoms with Crippen molar-refractivity contribution in [1.82, 2.24) is 5.32 Å². The molecule has 0 bridgehead atoms. The van der Waals surface area contributed by atoms with Crippen LogP contribution in [0.3, 0.4) is 0 Å². The minimum atomic E-state index is -3.36. The average molecular weight is 326 g/mol. The maximum atomic E-state index is 11.6. The van der Waals surface area contributed by atoms with Gasteiger partial charge in [-0.25, -0.2) is 13.2 Å². The molecule has 0 atom stereocenters. The van der Waals surface area contributed by atoms with Gasteiger partial charge in [0.25, 0.3) is 0 Å².